The van der Waals surface area contributed by atoms with Crippen molar-refractivity contribution in [3.05, 3.63) is 21.3 Å². The molecule has 2 nitrogen and oxygen atoms in total. The molecule has 0 amide bonds. The van der Waals surface area contributed by atoms with E-state index in [0.717, 1.165) is 9.15 Å². The molecule has 1 N–H and O–H groups in total. The molecule has 0 aromatic heterocycles. The van der Waals surface area contributed by atoms with Gasteiger partial charge in [-0.25, -0.2) is 0 Å². The van der Waals surface area contributed by atoms with Crippen molar-refractivity contribution in [3.63, 3.8) is 0 Å². The van der Waals surface area contributed by atoms with Crippen molar-refractivity contribution < 1.29 is 9.53 Å². The third-order valence-corrected chi connectivity index (χ3v) is 9.27. The molecule has 0 spiro atoms. The maximum Gasteiger partial charge on any atom is 0.193 e. The van der Waals surface area contributed by atoms with Crippen LogP contribution in [0.25, 0.3) is 0 Å². The third-order valence-electron chi connectivity index (χ3n) is 3.73. The van der Waals surface area contributed by atoms with Crippen LogP contribution in [-0.2, 0) is 4.43 Å². The lowest BCUT2D eigenvalue weighted by Crippen LogP contribution is -2.40. The molecule has 1 aliphatic carbocycles. The Morgan fingerprint density at radius 3 is 2.63 bits per heavy atom. The van der Waals surface area contributed by atoms with Crippen molar-refractivity contribution in [3.8, 4) is 11.8 Å². The van der Waals surface area contributed by atoms with Crippen molar-refractivity contribution in [2.45, 2.75) is 51.4 Å². The number of allylic oxidation sites excluding steroid dienone is 2. The summed E-state index contributed by atoms with van der Waals surface area (Å²) in [5.74, 6) is 6.08. The van der Waals surface area contributed by atoms with Gasteiger partial charge in [-0.1, -0.05) is 32.6 Å². The lowest BCUT2D eigenvalue weighted by molar-refractivity contribution is 0.230. The van der Waals surface area contributed by atoms with Gasteiger partial charge in [-0.2, -0.15) is 0 Å². The van der Waals surface area contributed by atoms with Gasteiger partial charge in [0.1, 0.15) is 0 Å². The van der Waals surface area contributed by atoms with E-state index in [2.05, 4.69) is 68.3 Å². The fraction of sp³-hybridized carbons (Fsp3) is 0.600. The Morgan fingerprint density at radius 2 is 2.16 bits per heavy atom. The molecule has 1 unspecified atom stereocenters. The van der Waals surface area contributed by atoms with E-state index in [1.165, 1.54) is 0 Å². The molecule has 0 aromatic carbocycles. The first kappa shape index (κ1) is 17.0. The number of aliphatic hydroxyl groups excluding tert-OH is 1. The summed E-state index contributed by atoms with van der Waals surface area (Å²) in [6.07, 6.45) is 4.09. The molecule has 0 radical (unpaired) electrons. The van der Waals surface area contributed by atoms with Gasteiger partial charge in [0.15, 0.2) is 8.32 Å². The van der Waals surface area contributed by atoms with E-state index in [4.69, 9.17) is 4.43 Å². The van der Waals surface area contributed by atoms with Crippen molar-refractivity contribution in [2.24, 2.45) is 0 Å². The minimum absolute atomic E-state index is 0.223. The van der Waals surface area contributed by atoms with Crippen LogP contribution >= 0.6 is 22.6 Å². The van der Waals surface area contributed by atoms with Gasteiger partial charge < -0.3 is 9.53 Å². The number of rotatable bonds is 2. The highest BCUT2D eigenvalue weighted by molar-refractivity contribution is 14.1. The van der Waals surface area contributed by atoms with Gasteiger partial charge in [0.25, 0.3) is 0 Å². The van der Waals surface area contributed by atoms with Crippen molar-refractivity contribution >= 4 is 30.9 Å². The van der Waals surface area contributed by atoms with Crippen molar-refractivity contribution in [1.29, 1.82) is 0 Å². The van der Waals surface area contributed by atoms with E-state index in [1.807, 2.05) is 12.2 Å². The summed E-state index contributed by atoms with van der Waals surface area (Å²) in [6.45, 7) is 11.6. The minimum atomic E-state index is -1.69. The largest absolute Gasteiger partial charge is 0.406 e. The molecule has 1 rings (SSSR count). The number of halogens is 1. The van der Waals surface area contributed by atoms with Gasteiger partial charge in [0, 0.05) is 10.0 Å². The van der Waals surface area contributed by atoms with Crippen LogP contribution < -0.4 is 0 Å². The maximum atomic E-state index is 9.48. The summed E-state index contributed by atoms with van der Waals surface area (Å²) in [7, 11) is -1.69. The number of aliphatic hydroxyl groups is 1. The summed E-state index contributed by atoms with van der Waals surface area (Å²) < 4.78 is 7.08. The second kappa shape index (κ2) is 6.57. The van der Waals surface area contributed by atoms with Gasteiger partial charge >= 0.3 is 0 Å². The second-order valence-electron chi connectivity index (χ2n) is 6.33. The first-order chi connectivity index (χ1) is 8.63. The minimum Gasteiger partial charge on any atom is -0.406 e. The van der Waals surface area contributed by atoms with Gasteiger partial charge in [0.2, 0.25) is 0 Å². The lowest BCUT2D eigenvalue weighted by atomic mass is 10.2. The highest BCUT2D eigenvalue weighted by atomic mass is 127. The average Bonchev–Trinajstić information content (AvgIpc) is 2.55. The molecule has 0 aromatic rings. The Morgan fingerprint density at radius 1 is 1.53 bits per heavy atom. The van der Waals surface area contributed by atoms with Crippen LogP contribution in [0, 0.1) is 11.8 Å². The zero-order valence-electron chi connectivity index (χ0n) is 12.4. The summed E-state index contributed by atoms with van der Waals surface area (Å²) in [6, 6.07) is 0. The molecule has 19 heavy (non-hydrogen) atoms. The van der Waals surface area contributed by atoms with Crippen LogP contribution in [0.15, 0.2) is 21.3 Å². The SMILES string of the molecule is CC(C)(C)[Si](C)(C)OCC#C/C=C1/CC(O)C=C1I. The fourth-order valence-corrected chi connectivity index (χ4v) is 3.06. The van der Waals surface area contributed by atoms with E-state index in [0.29, 0.717) is 13.0 Å². The Labute approximate surface area is 131 Å². The van der Waals surface area contributed by atoms with E-state index in [9.17, 15) is 5.11 Å². The average molecular weight is 390 g/mol. The number of hydrogen-bond donors (Lipinski definition) is 1. The molecular weight excluding hydrogens is 367 g/mol. The Bertz CT molecular complexity index is 447. The van der Waals surface area contributed by atoms with Gasteiger partial charge in [-0.3, -0.25) is 0 Å². The van der Waals surface area contributed by atoms with Gasteiger partial charge in [0.05, 0.1) is 12.7 Å². The highest BCUT2D eigenvalue weighted by Crippen LogP contribution is 2.36. The van der Waals surface area contributed by atoms with Gasteiger partial charge in [-0.05, 0) is 58.4 Å². The summed E-state index contributed by atoms with van der Waals surface area (Å²) >= 11 is 2.23. The van der Waals surface area contributed by atoms with E-state index < -0.39 is 8.32 Å². The van der Waals surface area contributed by atoms with E-state index in [1.54, 1.807) is 0 Å². The molecule has 0 saturated carbocycles. The standard InChI is InChI=1S/C15H23IO2Si/c1-15(2,3)19(4,5)18-9-7-6-8-12-10-13(17)11-14(12)16/h8,11,13,17H,9-10H2,1-5H3/b12-8-. The molecule has 0 bridgehead atoms. The first-order valence-corrected chi connectivity index (χ1v) is 10.5. The molecule has 0 fully saturated rings. The van der Waals surface area contributed by atoms with Crippen LogP contribution in [0.1, 0.15) is 27.2 Å². The maximum absolute atomic E-state index is 9.48. The Hall–Kier alpha value is -0.0931. The van der Waals surface area contributed by atoms with E-state index in [-0.39, 0.29) is 11.1 Å². The predicted molar refractivity (Wildman–Crippen MR) is 91.7 cm³/mol. The molecule has 0 aliphatic heterocycles. The van der Waals surface area contributed by atoms with Crippen LogP contribution in [0.2, 0.25) is 18.1 Å². The first-order valence-electron chi connectivity index (χ1n) is 6.50. The molecule has 4 heteroatoms. The topological polar surface area (TPSA) is 29.5 Å². The molecule has 1 atom stereocenters. The quantitative estimate of drug-likeness (QED) is 0.439. The summed E-state index contributed by atoms with van der Waals surface area (Å²) in [4.78, 5) is 0. The highest BCUT2D eigenvalue weighted by Gasteiger charge is 2.36. The normalized spacial score (nSPS) is 22.2. The number of hydrogen-bond acceptors (Lipinski definition) is 2. The van der Waals surface area contributed by atoms with Crippen LogP contribution in [0.3, 0.4) is 0 Å². The fourth-order valence-electron chi connectivity index (χ4n) is 1.40. The molecule has 0 saturated heterocycles. The third kappa shape index (κ3) is 5.07. The summed E-state index contributed by atoms with van der Waals surface area (Å²) in [5.41, 5.74) is 1.12. The lowest BCUT2D eigenvalue weighted by Gasteiger charge is -2.35. The van der Waals surface area contributed by atoms with Crippen molar-refractivity contribution in [1.82, 2.24) is 0 Å². The second-order valence-corrected chi connectivity index (χ2v) is 12.3. The van der Waals surface area contributed by atoms with Crippen molar-refractivity contribution in [2.75, 3.05) is 6.61 Å². The van der Waals surface area contributed by atoms with Gasteiger partial charge in [-0.15, -0.1) is 0 Å². The van der Waals surface area contributed by atoms with Crippen LogP contribution in [-0.4, -0.2) is 26.1 Å². The van der Waals surface area contributed by atoms with Crippen LogP contribution in [0.5, 0.6) is 0 Å². The van der Waals surface area contributed by atoms with Crippen LogP contribution in [0.4, 0.5) is 0 Å². The summed E-state index contributed by atoms with van der Waals surface area (Å²) in [5, 5.41) is 9.70. The monoisotopic (exact) mass is 390 g/mol. The smallest absolute Gasteiger partial charge is 0.193 e. The zero-order chi connectivity index (χ0) is 14.7. The Kier molecular flexibility index (Phi) is 5.87. The zero-order valence-corrected chi connectivity index (χ0v) is 15.5. The molecule has 106 valence electrons. The molecule has 1 aliphatic rings. The Balaban J connectivity index is 2.50. The predicted octanol–water partition coefficient (Wildman–Crippen LogP) is 4.02. The molecule has 0 heterocycles. The van der Waals surface area contributed by atoms with E-state index >= 15 is 0 Å². The molecular formula is C15H23IO2Si.